The Bertz CT molecular complexity index is 528. The van der Waals surface area contributed by atoms with E-state index < -0.39 is 0 Å². The highest BCUT2D eigenvalue weighted by atomic mass is 32.1. The molecule has 0 spiro atoms. The molecule has 0 saturated heterocycles. The van der Waals surface area contributed by atoms with Crippen molar-refractivity contribution in [2.75, 3.05) is 18.2 Å². The van der Waals surface area contributed by atoms with Crippen LogP contribution in [0.5, 0.6) is 5.88 Å². The Kier molecular flexibility index (Phi) is 3.93. The lowest BCUT2D eigenvalue weighted by Gasteiger charge is -2.08. The third kappa shape index (κ3) is 2.67. The van der Waals surface area contributed by atoms with Crippen molar-refractivity contribution in [2.24, 2.45) is 0 Å². The van der Waals surface area contributed by atoms with E-state index in [4.69, 9.17) is 10.5 Å². The Morgan fingerprint density at radius 3 is 2.89 bits per heavy atom. The summed E-state index contributed by atoms with van der Waals surface area (Å²) in [7, 11) is 1.52. The van der Waals surface area contributed by atoms with Crippen LogP contribution in [0.15, 0.2) is 12.5 Å². The van der Waals surface area contributed by atoms with Crippen LogP contribution in [0.25, 0.3) is 0 Å². The van der Waals surface area contributed by atoms with Crippen LogP contribution in [0.3, 0.4) is 0 Å². The van der Waals surface area contributed by atoms with Gasteiger partial charge in [-0.15, -0.1) is 11.3 Å². The number of thiazole rings is 1. The number of nitrogens with two attached hydrogens (primary N) is 1. The maximum absolute atomic E-state index is 5.86. The minimum absolute atomic E-state index is 0.376. The molecule has 2 heterocycles. The Balaban J connectivity index is 2.06. The van der Waals surface area contributed by atoms with Crippen LogP contribution in [0.1, 0.15) is 16.8 Å². The Morgan fingerprint density at radius 2 is 2.22 bits per heavy atom. The molecule has 0 aliphatic heterocycles. The van der Waals surface area contributed by atoms with E-state index in [1.54, 1.807) is 11.3 Å². The van der Waals surface area contributed by atoms with E-state index in [1.165, 1.54) is 18.3 Å². The third-order valence-corrected chi connectivity index (χ3v) is 3.54. The second-order valence-electron chi connectivity index (χ2n) is 3.57. The van der Waals surface area contributed by atoms with E-state index in [-0.39, 0.29) is 0 Å². The first-order valence-corrected chi connectivity index (χ1v) is 6.38. The predicted molar refractivity (Wildman–Crippen MR) is 71.8 cm³/mol. The summed E-state index contributed by atoms with van der Waals surface area (Å²) >= 11 is 1.68. The highest BCUT2D eigenvalue weighted by molar-refractivity contribution is 7.11. The number of nitrogen functional groups attached to an aromatic ring is 1. The highest BCUT2D eigenvalue weighted by Gasteiger charge is 2.08. The Labute approximate surface area is 109 Å². The molecule has 0 radical (unpaired) electrons. The van der Waals surface area contributed by atoms with Crippen molar-refractivity contribution in [2.45, 2.75) is 19.9 Å². The van der Waals surface area contributed by atoms with Crippen LogP contribution in [0, 0.1) is 0 Å². The Hall–Kier alpha value is -1.89. The van der Waals surface area contributed by atoms with E-state index in [0.717, 1.165) is 11.4 Å². The van der Waals surface area contributed by atoms with Gasteiger partial charge in [-0.25, -0.2) is 9.97 Å². The van der Waals surface area contributed by atoms with Crippen molar-refractivity contribution < 1.29 is 4.74 Å². The minimum atomic E-state index is 0.376. The molecule has 0 aliphatic carbocycles. The summed E-state index contributed by atoms with van der Waals surface area (Å²) in [5.74, 6) is 0.941. The third-order valence-electron chi connectivity index (χ3n) is 2.40. The van der Waals surface area contributed by atoms with Gasteiger partial charge in [0.2, 0.25) is 5.88 Å². The number of hydrogen-bond acceptors (Lipinski definition) is 7. The van der Waals surface area contributed by atoms with Crippen molar-refractivity contribution in [1.29, 1.82) is 0 Å². The molecule has 0 bridgehead atoms. The number of methoxy groups -OCH3 is 1. The standard InChI is InChI=1S/C11H15N5OS/c1-3-7-4-13-8(18-7)5-14-10-9(12)11(17-2)16-6-15-10/h4,6H,3,5,12H2,1-2H3,(H,14,15,16). The monoisotopic (exact) mass is 265 g/mol. The van der Waals surface area contributed by atoms with Gasteiger partial charge in [0.25, 0.3) is 0 Å². The number of hydrogen-bond donors (Lipinski definition) is 2. The molecule has 2 rings (SSSR count). The summed E-state index contributed by atoms with van der Waals surface area (Å²) in [6.07, 6.45) is 4.31. The molecule has 3 N–H and O–H groups in total. The zero-order valence-corrected chi connectivity index (χ0v) is 11.1. The van der Waals surface area contributed by atoms with Crippen LogP contribution in [0.4, 0.5) is 11.5 Å². The van der Waals surface area contributed by atoms with Crippen LogP contribution in [-0.4, -0.2) is 22.1 Å². The van der Waals surface area contributed by atoms with Crippen LogP contribution in [0.2, 0.25) is 0 Å². The maximum Gasteiger partial charge on any atom is 0.242 e. The van der Waals surface area contributed by atoms with Gasteiger partial charge < -0.3 is 15.8 Å². The maximum atomic E-state index is 5.86. The summed E-state index contributed by atoms with van der Waals surface area (Å²) in [5.41, 5.74) is 6.27. The average Bonchev–Trinajstić information content (AvgIpc) is 2.85. The molecule has 7 heteroatoms. The van der Waals surface area contributed by atoms with Gasteiger partial charge in [-0.05, 0) is 6.42 Å². The summed E-state index contributed by atoms with van der Waals surface area (Å²) in [5, 5.41) is 4.14. The Morgan fingerprint density at radius 1 is 1.39 bits per heavy atom. The van der Waals surface area contributed by atoms with Gasteiger partial charge in [-0.3, -0.25) is 0 Å². The lowest BCUT2D eigenvalue weighted by molar-refractivity contribution is 0.399. The molecule has 96 valence electrons. The van der Waals surface area contributed by atoms with Gasteiger partial charge in [0.05, 0.1) is 13.7 Å². The molecule has 18 heavy (non-hydrogen) atoms. The first-order valence-electron chi connectivity index (χ1n) is 5.56. The number of nitrogens with zero attached hydrogens (tertiary/aromatic N) is 3. The quantitative estimate of drug-likeness (QED) is 0.855. The van der Waals surface area contributed by atoms with Crippen molar-refractivity contribution in [3.63, 3.8) is 0 Å². The smallest absolute Gasteiger partial charge is 0.242 e. The largest absolute Gasteiger partial charge is 0.479 e. The summed E-state index contributed by atoms with van der Waals surface area (Å²) in [6.45, 7) is 2.70. The van der Waals surface area contributed by atoms with E-state index in [2.05, 4.69) is 27.2 Å². The number of nitrogens with one attached hydrogen (secondary N) is 1. The van der Waals surface area contributed by atoms with Crippen LogP contribution >= 0.6 is 11.3 Å². The fraction of sp³-hybridized carbons (Fsp3) is 0.364. The first-order chi connectivity index (χ1) is 8.74. The lowest BCUT2D eigenvalue weighted by Crippen LogP contribution is -2.06. The molecule has 0 saturated carbocycles. The second-order valence-corrected chi connectivity index (χ2v) is 4.77. The van der Waals surface area contributed by atoms with Gasteiger partial charge in [0.15, 0.2) is 5.82 Å². The van der Waals surface area contributed by atoms with Crippen molar-refractivity contribution in [1.82, 2.24) is 15.0 Å². The second kappa shape index (κ2) is 5.63. The van der Waals surface area contributed by atoms with E-state index in [0.29, 0.717) is 23.9 Å². The van der Waals surface area contributed by atoms with Gasteiger partial charge in [-0.1, -0.05) is 6.92 Å². The van der Waals surface area contributed by atoms with Crippen molar-refractivity contribution in [3.05, 3.63) is 22.4 Å². The summed E-state index contributed by atoms with van der Waals surface area (Å²) in [4.78, 5) is 13.6. The average molecular weight is 265 g/mol. The summed E-state index contributed by atoms with van der Waals surface area (Å²) < 4.78 is 5.03. The topological polar surface area (TPSA) is 86.0 Å². The molecular formula is C11H15N5OS. The zero-order chi connectivity index (χ0) is 13.0. The van der Waals surface area contributed by atoms with E-state index >= 15 is 0 Å². The van der Waals surface area contributed by atoms with Gasteiger partial charge in [0, 0.05) is 11.1 Å². The highest BCUT2D eigenvalue weighted by Crippen LogP contribution is 2.24. The normalized spacial score (nSPS) is 10.3. The molecule has 2 aromatic heterocycles. The SMILES string of the molecule is CCc1cnc(CNc2ncnc(OC)c2N)s1. The molecule has 6 nitrogen and oxygen atoms in total. The van der Waals surface area contributed by atoms with E-state index in [1.807, 2.05) is 6.20 Å². The molecule has 2 aromatic rings. The minimum Gasteiger partial charge on any atom is -0.479 e. The molecule has 0 aliphatic rings. The van der Waals surface area contributed by atoms with Crippen LogP contribution in [-0.2, 0) is 13.0 Å². The summed E-state index contributed by atoms with van der Waals surface area (Å²) in [6, 6.07) is 0. The van der Waals surface area contributed by atoms with Gasteiger partial charge in [-0.2, -0.15) is 4.98 Å². The number of aryl methyl sites for hydroxylation is 1. The molecule has 0 atom stereocenters. The molecule has 0 amide bonds. The lowest BCUT2D eigenvalue weighted by atomic mass is 10.4. The number of anilines is 2. The number of ether oxygens (including phenoxy) is 1. The van der Waals surface area contributed by atoms with E-state index in [9.17, 15) is 0 Å². The van der Waals surface area contributed by atoms with Crippen LogP contribution < -0.4 is 15.8 Å². The van der Waals surface area contributed by atoms with Gasteiger partial charge >= 0.3 is 0 Å². The molecule has 0 fully saturated rings. The molecule has 0 aromatic carbocycles. The predicted octanol–water partition coefficient (Wildman–Crippen LogP) is 1.70. The number of rotatable bonds is 5. The fourth-order valence-corrected chi connectivity index (χ4v) is 2.24. The van der Waals surface area contributed by atoms with Crippen molar-refractivity contribution in [3.8, 4) is 5.88 Å². The van der Waals surface area contributed by atoms with Gasteiger partial charge in [0.1, 0.15) is 17.0 Å². The molecular weight excluding hydrogens is 250 g/mol. The first kappa shape index (κ1) is 12.6. The number of aromatic nitrogens is 3. The van der Waals surface area contributed by atoms with Crippen molar-refractivity contribution >= 4 is 22.8 Å². The zero-order valence-electron chi connectivity index (χ0n) is 10.3. The fourth-order valence-electron chi connectivity index (χ4n) is 1.44. The molecule has 0 unspecified atom stereocenters.